The predicted molar refractivity (Wildman–Crippen MR) is 99.0 cm³/mol. The molecule has 0 aliphatic rings. The van der Waals surface area contributed by atoms with Gasteiger partial charge in [-0.05, 0) is 35.4 Å². The average molecular weight is 358 g/mol. The molecule has 0 heterocycles. The van der Waals surface area contributed by atoms with E-state index in [1.807, 2.05) is 24.3 Å². The van der Waals surface area contributed by atoms with Gasteiger partial charge >= 0.3 is 0 Å². The van der Waals surface area contributed by atoms with Gasteiger partial charge in [0.15, 0.2) is 11.6 Å². The summed E-state index contributed by atoms with van der Waals surface area (Å²) in [6.07, 6.45) is 4.43. The van der Waals surface area contributed by atoms with Crippen molar-refractivity contribution in [2.75, 3.05) is 7.11 Å². The number of hydrogen-bond acceptors (Lipinski definition) is 1. The fourth-order valence-corrected chi connectivity index (χ4v) is 3.16. The monoisotopic (exact) mass is 358 g/mol. The second kappa shape index (κ2) is 7.81. The molecule has 4 heteroatoms. The number of unbranched alkanes of at least 4 members (excludes halogenated alkanes) is 2. The van der Waals surface area contributed by atoms with Gasteiger partial charge in [0.2, 0.25) is 5.82 Å². The summed E-state index contributed by atoms with van der Waals surface area (Å²) in [6.45, 7) is 2.16. The summed E-state index contributed by atoms with van der Waals surface area (Å²) < 4.78 is 48.1. The van der Waals surface area contributed by atoms with Crippen LogP contribution in [0.5, 0.6) is 5.75 Å². The fraction of sp³-hybridized carbons (Fsp3) is 0.273. The Balaban J connectivity index is 2.01. The van der Waals surface area contributed by atoms with Crippen LogP contribution in [0.25, 0.3) is 21.9 Å². The van der Waals surface area contributed by atoms with Gasteiger partial charge in [-0.1, -0.05) is 56.2 Å². The van der Waals surface area contributed by atoms with E-state index in [0.29, 0.717) is 5.56 Å². The van der Waals surface area contributed by atoms with E-state index in [9.17, 15) is 13.2 Å². The first-order chi connectivity index (χ1) is 12.6. The largest absolute Gasteiger partial charge is 0.494 e. The van der Waals surface area contributed by atoms with Gasteiger partial charge in [0, 0.05) is 5.56 Å². The van der Waals surface area contributed by atoms with Gasteiger partial charge in [-0.2, -0.15) is 4.39 Å². The number of methoxy groups -OCH3 is 1. The molecular formula is C22H21F3O. The van der Waals surface area contributed by atoms with Crippen LogP contribution in [0, 0.1) is 17.5 Å². The Kier molecular flexibility index (Phi) is 5.50. The first kappa shape index (κ1) is 18.3. The zero-order chi connectivity index (χ0) is 18.7. The first-order valence-corrected chi connectivity index (χ1v) is 8.80. The Hall–Kier alpha value is -2.49. The molecule has 0 fully saturated rings. The molecule has 3 aromatic rings. The van der Waals surface area contributed by atoms with Gasteiger partial charge in [0.1, 0.15) is 5.82 Å². The molecule has 0 aliphatic carbocycles. The van der Waals surface area contributed by atoms with E-state index in [1.54, 1.807) is 12.1 Å². The third-order valence-electron chi connectivity index (χ3n) is 4.64. The van der Waals surface area contributed by atoms with E-state index in [2.05, 4.69) is 6.92 Å². The highest BCUT2D eigenvalue weighted by Crippen LogP contribution is 2.35. The number of rotatable bonds is 6. The zero-order valence-electron chi connectivity index (χ0n) is 14.9. The molecular weight excluding hydrogens is 337 g/mol. The summed E-state index contributed by atoms with van der Waals surface area (Å²) in [4.78, 5) is 0. The number of aryl methyl sites for hydroxylation is 1. The van der Waals surface area contributed by atoms with Crippen LogP contribution >= 0.6 is 0 Å². The van der Waals surface area contributed by atoms with Crippen LogP contribution in [0.2, 0.25) is 0 Å². The quantitative estimate of drug-likeness (QED) is 0.447. The number of halogens is 3. The molecule has 0 N–H and O–H groups in total. The molecule has 0 amide bonds. The smallest absolute Gasteiger partial charge is 0.201 e. The molecule has 1 nitrogen and oxygen atoms in total. The second-order valence-corrected chi connectivity index (χ2v) is 6.39. The first-order valence-electron chi connectivity index (χ1n) is 8.80. The van der Waals surface area contributed by atoms with Gasteiger partial charge in [0.05, 0.1) is 12.5 Å². The molecule has 0 aromatic heterocycles. The Morgan fingerprint density at radius 1 is 0.846 bits per heavy atom. The van der Waals surface area contributed by atoms with Crippen molar-refractivity contribution < 1.29 is 17.9 Å². The molecule has 0 atom stereocenters. The van der Waals surface area contributed by atoms with Crippen molar-refractivity contribution in [3.63, 3.8) is 0 Å². The van der Waals surface area contributed by atoms with Crippen LogP contribution in [-0.2, 0) is 6.42 Å². The van der Waals surface area contributed by atoms with Gasteiger partial charge in [-0.3, -0.25) is 0 Å². The third kappa shape index (κ3) is 3.41. The average Bonchev–Trinajstić information content (AvgIpc) is 2.65. The Labute approximate surface area is 151 Å². The van der Waals surface area contributed by atoms with E-state index in [1.165, 1.54) is 25.2 Å². The van der Waals surface area contributed by atoms with E-state index in [0.717, 1.165) is 19.3 Å². The molecule has 0 saturated carbocycles. The molecule has 0 bridgehead atoms. The summed E-state index contributed by atoms with van der Waals surface area (Å²) in [5.74, 6) is -3.41. The maximum Gasteiger partial charge on any atom is 0.201 e. The van der Waals surface area contributed by atoms with Crippen molar-refractivity contribution in [3.05, 3.63) is 65.5 Å². The highest BCUT2D eigenvalue weighted by atomic mass is 19.2. The molecule has 0 saturated heterocycles. The van der Waals surface area contributed by atoms with Gasteiger partial charge in [-0.25, -0.2) is 8.78 Å². The highest BCUT2D eigenvalue weighted by Gasteiger charge is 2.19. The molecule has 0 aliphatic heterocycles. The SMILES string of the molecule is CCCCCc1ccc(-c2ccc3cc(OC)c(F)c(F)c3c2F)cc1. The van der Waals surface area contributed by atoms with E-state index < -0.39 is 17.5 Å². The summed E-state index contributed by atoms with van der Waals surface area (Å²) in [5.41, 5.74) is 2.07. The van der Waals surface area contributed by atoms with Crippen molar-refractivity contribution in [1.82, 2.24) is 0 Å². The van der Waals surface area contributed by atoms with Crippen LogP contribution in [0.3, 0.4) is 0 Å². The second-order valence-electron chi connectivity index (χ2n) is 6.39. The summed E-state index contributed by atoms with van der Waals surface area (Å²) in [7, 11) is 1.25. The Morgan fingerprint density at radius 2 is 1.58 bits per heavy atom. The third-order valence-corrected chi connectivity index (χ3v) is 4.64. The maximum absolute atomic E-state index is 14.9. The number of benzene rings is 3. The lowest BCUT2D eigenvalue weighted by atomic mass is 9.97. The molecule has 26 heavy (non-hydrogen) atoms. The fourth-order valence-electron chi connectivity index (χ4n) is 3.16. The lowest BCUT2D eigenvalue weighted by Crippen LogP contribution is -1.97. The standard InChI is InChI=1S/C22H21F3O/c1-3-4-5-6-14-7-9-15(10-8-14)17-12-11-16-13-18(26-2)21(24)22(25)19(16)20(17)23/h7-13H,3-6H2,1-2H3. The van der Waals surface area contributed by atoms with E-state index in [-0.39, 0.29) is 22.1 Å². The van der Waals surface area contributed by atoms with Crippen LogP contribution in [0.4, 0.5) is 13.2 Å². The van der Waals surface area contributed by atoms with Crippen LogP contribution < -0.4 is 4.74 Å². The molecule has 136 valence electrons. The summed E-state index contributed by atoms with van der Waals surface area (Å²) in [5, 5.41) is -0.0917. The van der Waals surface area contributed by atoms with Crippen LogP contribution in [0.15, 0.2) is 42.5 Å². The molecule has 3 rings (SSSR count). The van der Waals surface area contributed by atoms with E-state index in [4.69, 9.17) is 4.74 Å². The number of ether oxygens (including phenoxy) is 1. The lowest BCUT2D eigenvalue weighted by molar-refractivity contribution is 0.374. The normalized spacial score (nSPS) is 11.1. The topological polar surface area (TPSA) is 9.23 Å². The molecule has 3 aromatic carbocycles. The van der Waals surface area contributed by atoms with Crippen molar-refractivity contribution >= 4 is 10.8 Å². The maximum atomic E-state index is 14.9. The minimum absolute atomic E-state index is 0.237. The van der Waals surface area contributed by atoms with Gasteiger partial charge in [0.25, 0.3) is 0 Å². The van der Waals surface area contributed by atoms with Crippen molar-refractivity contribution in [1.29, 1.82) is 0 Å². The molecule has 0 radical (unpaired) electrons. The lowest BCUT2D eigenvalue weighted by Gasteiger charge is -2.11. The number of hydrogen-bond donors (Lipinski definition) is 0. The van der Waals surface area contributed by atoms with Crippen molar-refractivity contribution in [2.45, 2.75) is 32.6 Å². The Bertz CT molecular complexity index is 917. The molecule has 0 unspecified atom stereocenters. The van der Waals surface area contributed by atoms with E-state index >= 15 is 0 Å². The van der Waals surface area contributed by atoms with Crippen LogP contribution in [-0.4, -0.2) is 7.11 Å². The van der Waals surface area contributed by atoms with Crippen LogP contribution in [0.1, 0.15) is 31.7 Å². The highest BCUT2D eigenvalue weighted by molar-refractivity contribution is 5.90. The Morgan fingerprint density at radius 3 is 2.23 bits per heavy atom. The minimum Gasteiger partial charge on any atom is -0.494 e. The van der Waals surface area contributed by atoms with Gasteiger partial charge in [-0.15, -0.1) is 0 Å². The summed E-state index contributed by atoms with van der Waals surface area (Å²) in [6, 6.07) is 12.0. The van der Waals surface area contributed by atoms with Crippen molar-refractivity contribution in [3.8, 4) is 16.9 Å². The predicted octanol–water partition coefficient (Wildman–Crippen LogP) is 6.67. The number of fused-ring (bicyclic) bond motifs is 1. The van der Waals surface area contributed by atoms with Crippen molar-refractivity contribution in [2.24, 2.45) is 0 Å². The minimum atomic E-state index is -1.23. The zero-order valence-corrected chi connectivity index (χ0v) is 14.9. The van der Waals surface area contributed by atoms with Gasteiger partial charge < -0.3 is 4.74 Å². The molecule has 0 spiro atoms. The summed E-state index contributed by atoms with van der Waals surface area (Å²) >= 11 is 0.